The van der Waals surface area contributed by atoms with Crippen molar-refractivity contribution in [3.05, 3.63) is 53.6 Å². The minimum atomic E-state index is -0.542. The minimum Gasteiger partial charge on any atom is -0.458 e. The second-order valence-corrected chi connectivity index (χ2v) is 8.63. The number of Topliss-reactive ketones (excluding diaryl/α,β-unsaturated/α-hetero) is 1. The Labute approximate surface area is 183 Å². The first-order chi connectivity index (χ1) is 14.5. The lowest BCUT2D eigenvalue weighted by Gasteiger charge is -2.16. The van der Waals surface area contributed by atoms with E-state index < -0.39 is 11.4 Å². The summed E-state index contributed by atoms with van der Waals surface area (Å²) in [6, 6.07) is 13.1. The topological polar surface area (TPSA) is 81.7 Å². The monoisotopic (exact) mass is 425 g/mol. The summed E-state index contributed by atoms with van der Waals surface area (Å²) in [7, 11) is 0. The fourth-order valence-electron chi connectivity index (χ4n) is 2.60. The lowest BCUT2D eigenvalue weighted by atomic mass is 9.91. The van der Waals surface area contributed by atoms with E-state index >= 15 is 0 Å². The third-order valence-corrected chi connectivity index (χ3v) is 4.70. The molecule has 0 atom stereocenters. The molecule has 2 rings (SSSR count). The Bertz CT molecular complexity index is 926. The number of nitrogens with one attached hydrogen (secondary N) is 1. The van der Waals surface area contributed by atoms with Crippen LogP contribution in [0.4, 0.5) is 5.69 Å². The normalized spacial score (nSPS) is 11.0. The van der Waals surface area contributed by atoms with Gasteiger partial charge in [-0.3, -0.25) is 14.4 Å². The Morgan fingerprint density at radius 2 is 1.61 bits per heavy atom. The van der Waals surface area contributed by atoms with Crippen molar-refractivity contribution in [1.29, 1.82) is 0 Å². The molecule has 0 radical (unpaired) electrons. The first-order valence-electron chi connectivity index (χ1n) is 10.4. The predicted octanol–water partition coefficient (Wildman–Crippen LogP) is 5.36. The van der Waals surface area contributed by atoms with Crippen LogP contribution in [0, 0.1) is 19.3 Å². The molecule has 0 aliphatic carbocycles. The fourth-order valence-corrected chi connectivity index (χ4v) is 2.60. The zero-order valence-electron chi connectivity index (χ0n) is 18.9. The van der Waals surface area contributed by atoms with E-state index in [0.717, 1.165) is 16.9 Å². The van der Waals surface area contributed by atoms with Crippen LogP contribution in [-0.4, -0.2) is 24.3 Å². The zero-order chi connectivity index (χ0) is 23.0. The molecule has 0 bridgehead atoms. The molecule has 1 N–H and O–H groups in total. The highest BCUT2D eigenvalue weighted by atomic mass is 16.5. The number of hydrogen-bond acceptors (Lipinski definition) is 5. The highest BCUT2D eigenvalue weighted by molar-refractivity contribution is 5.91. The third kappa shape index (κ3) is 8.24. The lowest BCUT2D eigenvalue weighted by Crippen LogP contribution is -2.26. The Morgan fingerprint density at radius 3 is 2.26 bits per heavy atom. The van der Waals surface area contributed by atoms with Gasteiger partial charge in [0.25, 0.3) is 0 Å². The molecule has 0 fully saturated rings. The van der Waals surface area contributed by atoms with Crippen molar-refractivity contribution in [1.82, 2.24) is 0 Å². The molecule has 0 aromatic heterocycles. The van der Waals surface area contributed by atoms with E-state index in [1.54, 1.807) is 45.0 Å². The van der Waals surface area contributed by atoms with E-state index in [1.807, 2.05) is 32.0 Å². The zero-order valence-corrected chi connectivity index (χ0v) is 18.9. The number of hydrogen-bond donors (Lipinski definition) is 1. The van der Waals surface area contributed by atoms with Crippen LogP contribution in [0.5, 0.6) is 11.5 Å². The molecule has 0 spiro atoms. The van der Waals surface area contributed by atoms with Crippen molar-refractivity contribution in [2.24, 2.45) is 5.41 Å². The van der Waals surface area contributed by atoms with E-state index in [0.29, 0.717) is 17.9 Å². The van der Waals surface area contributed by atoms with Gasteiger partial charge in [0.2, 0.25) is 5.91 Å². The van der Waals surface area contributed by atoms with Crippen molar-refractivity contribution in [3.8, 4) is 11.5 Å². The Hall–Kier alpha value is -3.15. The summed E-state index contributed by atoms with van der Waals surface area (Å²) in [5.41, 5.74) is 2.27. The van der Waals surface area contributed by atoms with Crippen LogP contribution in [0.2, 0.25) is 0 Å². The van der Waals surface area contributed by atoms with Gasteiger partial charge < -0.3 is 14.8 Å². The van der Waals surface area contributed by atoms with Crippen molar-refractivity contribution in [3.63, 3.8) is 0 Å². The molecular formula is C25H31NO5. The minimum absolute atomic E-state index is 0.0907. The summed E-state index contributed by atoms with van der Waals surface area (Å²) < 4.78 is 10.9. The number of esters is 1. The molecule has 0 aliphatic heterocycles. The van der Waals surface area contributed by atoms with E-state index in [4.69, 9.17) is 9.47 Å². The van der Waals surface area contributed by atoms with Crippen molar-refractivity contribution >= 4 is 23.3 Å². The summed E-state index contributed by atoms with van der Waals surface area (Å²) in [5, 5.41) is 2.80. The van der Waals surface area contributed by atoms with Gasteiger partial charge in [0, 0.05) is 23.9 Å². The van der Waals surface area contributed by atoms with E-state index in [9.17, 15) is 14.4 Å². The standard InChI is InChI=1S/C25H31NO5/c1-17-9-10-18(2)21(15-17)31-20-13-11-19(12-14-20)26-23(28)7-6-8-24(29)30-16-22(27)25(3,4)5/h9-15H,6-8,16H2,1-5H3,(H,26,28). The van der Waals surface area contributed by atoms with Crippen LogP contribution in [0.15, 0.2) is 42.5 Å². The summed E-state index contributed by atoms with van der Waals surface area (Å²) >= 11 is 0. The van der Waals surface area contributed by atoms with Gasteiger partial charge in [-0.15, -0.1) is 0 Å². The van der Waals surface area contributed by atoms with Crippen LogP contribution < -0.4 is 10.1 Å². The third-order valence-electron chi connectivity index (χ3n) is 4.70. The molecule has 0 heterocycles. The molecule has 31 heavy (non-hydrogen) atoms. The van der Waals surface area contributed by atoms with Gasteiger partial charge in [-0.05, 0) is 61.7 Å². The number of ether oxygens (including phenoxy) is 2. The average molecular weight is 426 g/mol. The summed E-state index contributed by atoms with van der Waals surface area (Å²) in [6.07, 6.45) is 0.624. The molecule has 0 saturated heterocycles. The lowest BCUT2D eigenvalue weighted by molar-refractivity contribution is -0.150. The number of rotatable bonds is 9. The fraction of sp³-hybridized carbons (Fsp3) is 0.400. The van der Waals surface area contributed by atoms with Gasteiger partial charge in [0.15, 0.2) is 12.4 Å². The number of anilines is 1. The van der Waals surface area contributed by atoms with Gasteiger partial charge in [-0.2, -0.15) is 0 Å². The van der Waals surface area contributed by atoms with Gasteiger partial charge in [-0.1, -0.05) is 32.9 Å². The second-order valence-electron chi connectivity index (χ2n) is 8.63. The summed E-state index contributed by atoms with van der Waals surface area (Å²) in [6.45, 7) is 9.09. The number of carbonyl (C=O) groups is 3. The molecule has 6 nitrogen and oxygen atoms in total. The van der Waals surface area contributed by atoms with Crippen molar-refractivity contribution in [2.75, 3.05) is 11.9 Å². The maximum atomic E-state index is 12.1. The maximum absolute atomic E-state index is 12.1. The van der Waals surface area contributed by atoms with E-state index in [-0.39, 0.29) is 31.1 Å². The molecule has 2 aromatic rings. The van der Waals surface area contributed by atoms with Crippen molar-refractivity contribution in [2.45, 2.75) is 53.9 Å². The van der Waals surface area contributed by atoms with Crippen LogP contribution in [-0.2, 0) is 19.1 Å². The van der Waals surface area contributed by atoms with Crippen LogP contribution in [0.3, 0.4) is 0 Å². The molecule has 0 saturated carbocycles. The van der Waals surface area contributed by atoms with Gasteiger partial charge in [0.05, 0.1) is 0 Å². The van der Waals surface area contributed by atoms with E-state index in [1.165, 1.54) is 0 Å². The number of carbonyl (C=O) groups excluding carboxylic acids is 3. The number of benzene rings is 2. The number of amides is 1. The van der Waals surface area contributed by atoms with Gasteiger partial charge in [-0.25, -0.2) is 0 Å². The van der Waals surface area contributed by atoms with Crippen molar-refractivity contribution < 1.29 is 23.9 Å². The first-order valence-corrected chi connectivity index (χ1v) is 10.4. The highest BCUT2D eigenvalue weighted by Crippen LogP contribution is 2.27. The molecule has 166 valence electrons. The molecule has 0 aliphatic rings. The Balaban J connectivity index is 1.74. The highest BCUT2D eigenvalue weighted by Gasteiger charge is 2.22. The maximum Gasteiger partial charge on any atom is 0.306 e. The smallest absolute Gasteiger partial charge is 0.306 e. The molecular weight excluding hydrogens is 394 g/mol. The molecule has 1 amide bonds. The SMILES string of the molecule is Cc1ccc(C)c(Oc2ccc(NC(=O)CCCC(=O)OCC(=O)C(C)(C)C)cc2)c1. The first kappa shape index (κ1) is 24.1. The predicted molar refractivity (Wildman–Crippen MR) is 120 cm³/mol. The quantitative estimate of drug-likeness (QED) is 0.547. The second kappa shape index (κ2) is 10.8. The number of ketones is 1. The Kier molecular flexibility index (Phi) is 8.37. The van der Waals surface area contributed by atoms with Gasteiger partial charge in [0.1, 0.15) is 11.5 Å². The summed E-state index contributed by atoms with van der Waals surface area (Å²) in [5.74, 6) is 0.677. The Morgan fingerprint density at radius 1 is 0.935 bits per heavy atom. The van der Waals surface area contributed by atoms with Gasteiger partial charge >= 0.3 is 5.97 Å². The molecule has 0 unspecified atom stereocenters. The van der Waals surface area contributed by atoms with Crippen LogP contribution >= 0.6 is 0 Å². The van der Waals surface area contributed by atoms with Crippen LogP contribution in [0.25, 0.3) is 0 Å². The largest absolute Gasteiger partial charge is 0.458 e. The van der Waals surface area contributed by atoms with E-state index in [2.05, 4.69) is 5.32 Å². The average Bonchev–Trinajstić information content (AvgIpc) is 2.69. The summed E-state index contributed by atoms with van der Waals surface area (Å²) in [4.78, 5) is 35.6. The number of aryl methyl sites for hydroxylation is 2. The van der Waals surface area contributed by atoms with Crippen LogP contribution in [0.1, 0.15) is 51.2 Å². The molecule has 6 heteroatoms. The molecule has 2 aromatic carbocycles.